The average Bonchev–Trinajstić information content (AvgIpc) is 2.30. The number of Topliss-reactive ketones (excluding diaryl/α,β-unsaturated/α-hetero) is 1. The number of carbonyl (C=O) groups excluding carboxylic acids is 1. The zero-order chi connectivity index (χ0) is 12.5. The van der Waals surface area contributed by atoms with E-state index in [0.29, 0.717) is 18.6 Å². The predicted octanol–water partition coefficient (Wildman–Crippen LogP) is 2.73. The Labute approximate surface area is 101 Å². The number of ketones is 1. The Bertz CT molecular complexity index is 401. The van der Waals surface area contributed by atoms with Crippen molar-refractivity contribution in [1.29, 1.82) is 0 Å². The van der Waals surface area contributed by atoms with E-state index in [1.165, 1.54) is 12.1 Å². The van der Waals surface area contributed by atoms with Gasteiger partial charge in [-0.15, -0.1) is 0 Å². The predicted molar refractivity (Wildman–Crippen MR) is 65.2 cm³/mol. The van der Waals surface area contributed by atoms with Crippen molar-refractivity contribution in [1.82, 2.24) is 4.90 Å². The van der Waals surface area contributed by atoms with E-state index in [-0.39, 0.29) is 11.4 Å². The fraction of sp³-hybridized carbons (Fsp3) is 0.500. The Morgan fingerprint density at radius 2 is 1.65 bits per heavy atom. The molecule has 1 saturated heterocycles. The number of rotatable bonds is 2. The monoisotopic (exact) mass is 235 g/mol. The fourth-order valence-electron chi connectivity index (χ4n) is 2.36. The number of likely N-dealkylation sites (tertiary alicyclic amines) is 1. The van der Waals surface area contributed by atoms with E-state index in [1.54, 1.807) is 0 Å². The lowest BCUT2D eigenvalue weighted by Gasteiger charge is -2.41. The molecule has 0 N–H and O–H groups in total. The first-order valence-corrected chi connectivity index (χ1v) is 6.03. The van der Waals surface area contributed by atoms with Gasteiger partial charge in [0, 0.05) is 31.5 Å². The average molecular weight is 235 g/mol. The molecule has 17 heavy (non-hydrogen) atoms. The van der Waals surface area contributed by atoms with Crippen molar-refractivity contribution in [2.75, 3.05) is 13.1 Å². The molecule has 0 saturated carbocycles. The van der Waals surface area contributed by atoms with E-state index >= 15 is 0 Å². The fourth-order valence-corrected chi connectivity index (χ4v) is 2.36. The highest BCUT2D eigenvalue weighted by molar-refractivity contribution is 5.79. The number of nitrogens with zero attached hydrogens (tertiary/aromatic N) is 1. The highest BCUT2D eigenvalue weighted by atomic mass is 19.1. The maximum absolute atomic E-state index is 12.9. The topological polar surface area (TPSA) is 20.3 Å². The number of hydrogen-bond donors (Lipinski definition) is 0. The molecule has 0 atom stereocenters. The first-order valence-electron chi connectivity index (χ1n) is 6.03. The molecule has 2 nitrogen and oxygen atoms in total. The van der Waals surface area contributed by atoms with E-state index in [2.05, 4.69) is 18.7 Å². The Balaban J connectivity index is 2.17. The van der Waals surface area contributed by atoms with E-state index in [9.17, 15) is 9.18 Å². The molecule has 0 bridgehead atoms. The van der Waals surface area contributed by atoms with Crippen LogP contribution >= 0.6 is 0 Å². The Kier molecular flexibility index (Phi) is 3.29. The molecular weight excluding hydrogens is 217 g/mol. The van der Waals surface area contributed by atoms with Gasteiger partial charge in [-0.25, -0.2) is 4.39 Å². The maximum Gasteiger partial charge on any atom is 0.135 e. The van der Waals surface area contributed by atoms with Crippen molar-refractivity contribution in [3.63, 3.8) is 0 Å². The molecule has 1 aromatic carbocycles. The number of carbonyl (C=O) groups is 1. The molecule has 1 fully saturated rings. The molecule has 2 rings (SSSR count). The summed E-state index contributed by atoms with van der Waals surface area (Å²) in [5, 5.41) is 0. The smallest absolute Gasteiger partial charge is 0.135 e. The van der Waals surface area contributed by atoms with Gasteiger partial charge in [-0.1, -0.05) is 12.1 Å². The van der Waals surface area contributed by atoms with Crippen LogP contribution in [0.25, 0.3) is 0 Å². The van der Waals surface area contributed by atoms with Crippen LogP contribution < -0.4 is 0 Å². The van der Waals surface area contributed by atoms with Crippen LogP contribution in [0.1, 0.15) is 32.3 Å². The SMILES string of the molecule is CC(C)(c1ccc(F)cc1)N1CCC(=O)CC1. The number of halogens is 1. The molecule has 0 aromatic heterocycles. The molecule has 1 aliphatic rings. The summed E-state index contributed by atoms with van der Waals surface area (Å²) in [6, 6.07) is 6.63. The quantitative estimate of drug-likeness (QED) is 0.785. The third kappa shape index (κ3) is 2.55. The van der Waals surface area contributed by atoms with Crippen LogP contribution in [0, 0.1) is 5.82 Å². The summed E-state index contributed by atoms with van der Waals surface area (Å²) < 4.78 is 12.9. The second-order valence-corrected chi connectivity index (χ2v) is 5.09. The van der Waals surface area contributed by atoms with Gasteiger partial charge in [0.2, 0.25) is 0 Å². The zero-order valence-corrected chi connectivity index (χ0v) is 10.4. The molecule has 1 aliphatic heterocycles. The summed E-state index contributed by atoms with van der Waals surface area (Å²) in [6.07, 6.45) is 1.26. The van der Waals surface area contributed by atoms with Crippen LogP contribution in [-0.2, 0) is 10.3 Å². The third-order valence-electron chi connectivity index (χ3n) is 3.66. The van der Waals surface area contributed by atoms with Gasteiger partial charge in [0.1, 0.15) is 11.6 Å². The van der Waals surface area contributed by atoms with E-state index in [1.807, 2.05) is 12.1 Å². The summed E-state index contributed by atoms with van der Waals surface area (Å²) >= 11 is 0. The minimum Gasteiger partial charge on any atom is -0.300 e. The van der Waals surface area contributed by atoms with Gasteiger partial charge in [0.25, 0.3) is 0 Å². The standard InChI is InChI=1S/C14H18FNO/c1-14(2,11-3-5-12(15)6-4-11)16-9-7-13(17)8-10-16/h3-6H,7-10H2,1-2H3. The van der Waals surface area contributed by atoms with E-state index in [0.717, 1.165) is 18.7 Å². The van der Waals surface area contributed by atoms with Crippen LogP contribution in [0.3, 0.4) is 0 Å². The molecule has 1 aromatic rings. The second-order valence-electron chi connectivity index (χ2n) is 5.09. The minimum atomic E-state index is -0.210. The van der Waals surface area contributed by atoms with Crippen LogP contribution in [0.15, 0.2) is 24.3 Å². The van der Waals surface area contributed by atoms with Crippen molar-refractivity contribution in [2.45, 2.75) is 32.2 Å². The molecule has 92 valence electrons. The van der Waals surface area contributed by atoms with Gasteiger partial charge in [0.05, 0.1) is 0 Å². The summed E-state index contributed by atoms with van der Waals surface area (Å²) in [6.45, 7) is 5.83. The van der Waals surface area contributed by atoms with Crippen molar-refractivity contribution >= 4 is 5.78 Å². The first kappa shape index (κ1) is 12.2. The van der Waals surface area contributed by atoms with E-state index in [4.69, 9.17) is 0 Å². The summed E-state index contributed by atoms with van der Waals surface area (Å²) in [5.41, 5.74) is 0.947. The number of hydrogen-bond acceptors (Lipinski definition) is 2. The van der Waals surface area contributed by atoms with Gasteiger partial charge in [-0.3, -0.25) is 9.69 Å². The number of benzene rings is 1. The third-order valence-corrected chi connectivity index (χ3v) is 3.66. The Morgan fingerprint density at radius 1 is 1.12 bits per heavy atom. The van der Waals surface area contributed by atoms with Gasteiger partial charge in [-0.05, 0) is 31.5 Å². The molecule has 0 amide bonds. The molecule has 3 heteroatoms. The van der Waals surface area contributed by atoms with Gasteiger partial charge in [-0.2, -0.15) is 0 Å². The molecule has 1 heterocycles. The highest BCUT2D eigenvalue weighted by Crippen LogP contribution is 2.29. The van der Waals surface area contributed by atoms with Crippen LogP contribution in [0.5, 0.6) is 0 Å². The van der Waals surface area contributed by atoms with Gasteiger partial charge >= 0.3 is 0 Å². The van der Waals surface area contributed by atoms with Crippen molar-refractivity contribution in [3.05, 3.63) is 35.6 Å². The molecule has 0 unspecified atom stereocenters. The molecule has 0 radical (unpaired) electrons. The molecule has 0 aliphatic carbocycles. The van der Waals surface area contributed by atoms with Gasteiger partial charge in [0.15, 0.2) is 0 Å². The van der Waals surface area contributed by atoms with Crippen molar-refractivity contribution in [2.24, 2.45) is 0 Å². The first-order chi connectivity index (χ1) is 8.00. The highest BCUT2D eigenvalue weighted by Gasteiger charge is 2.31. The second kappa shape index (κ2) is 4.57. The largest absolute Gasteiger partial charge is 0.300 e. The lowest BCUT2D eigenvalue weighted by atomic mass is 9.90. The van der Waals surface area contributed by atoms with Crippen LogP contribution in [0.2, 0.25) is 0 Å². The zero-order valence-electron chi connectivity index (χ0n) is 10.4. The molecule has 0 spiro atoms. The normalized spacial score (nSPS) is 18.4. The minimum absolute atomic E-state index is 0.144. The van der Waals surface area contributed by atoms with Crippen LogP contribution in [-0.4, -0.2) is 23.8 Å². The lowest BCUT2D eigenvalue weighted by molar-refractivity contribution is -0.122. The van der Waals surface area contributed by atoms with E-state index < -0.39 is 0 Å². The van der Waals surface area contributed by atoms with Crippen molar-refractivity contribution in [3.8, 4) is 0 Å². The summed E-state index contributed by atoms with van der Waals surface area (Å²) in [4.78, 5) is 13.5. The van der Waals surface area contributed by atoms with Crippen molar-refractivity contribution < 1.29 is 9.18 Å². The maximum atomic E-state index is 12.9. The van der Waals surface area contributed by atoms with Gasteiger partial charge < -0.3 is 0 Å². The Morgan fingerprint density at radius 3 is 2.18 bits per heavy atom. The summed E-state index contributed by atoms with van der Waals surface area (Å²) in [5.74, 6) is 0.134. The molecular formula is C14H18FNO. The number of piperidine rings is 1. The summed E-state index contributed by atoms with van der Waals surface area (Å²) in [7, 11) is 0. The van der Waals surface area contributed by atoms with Crippen LogP contribution in [0.4, 0.5) is 4.39 Å². The lowest BCUT2D eigenvalue weighted by Crippen LogP contribution is -2.46. The Hall–Kier alpha value is -1.22.